The normalized spacial score (nSPS) is 18.7. The van der Waals surface area contributed by atoms with E-state index in [1.807, 2.05) is 0 Å². The fourth-order valence-corrected chi connectivity index (χ4v) is 1.25. The fraction of sp³-hybridized carbons (Fsp3) is 1.00. The van der Waals surface area contributed by atoms with Crippen molar-refractivity contribution in [2.45, 2.75) is 39.3 Å². The molecule has 0 aromatic carbocycles. The molecule has 5 nitrogen and oxygen atoms in total. The molecule has 0 aliphatic heterocycles. The third-order valence-corrected chi connectivity index (χ3v) is 2.09. The van der Waals surface area contributed by atoms with Crippen LogP contribution in [0, 0.1) is 0 Å². The lowest BCUT2D eigenvalue weighted by Crippen LogP contribution is -2.09. The molecule has 74 valence electrons. The van der Waals surface area contributed by atoms with Gasteiger partial charge in [-0.05, 0) is 12.8 Å². The van der Waals surface area contributed by atoms with Gasteiger partial charge in [0.2, 0.25) is 0 Å². The predicted octanol–water partition coefficient (Wildman–Crippen LogP) is 0.866. The topological polar surface area (TPSA) is 76.0 Å². The van der Waals surface area contributed by atoms with E-state index in [1.165, 1.54) is 0 Å². The maximum atomic E-state index is 10.8. The van der Waals surface area contributed by atoms with Crippen molar-refractivity contribution in [1.82, 2.24) is 0 Å². The monoisotopic (exact) mass is 198 g/mol. The van der Waals surface area contributed by atoms with E-state index < -0.39 is 20.8 Å². The molecule has 0 aliphatic rings. The van der Waals surface area contributed by atoms with Crippen LogP contribution >= 0.6 is 8.25 Å². The van der Waals surface area contributed by atoms with E-state index in [9.17, 15) is 4.57 Å². The lowest BCUT2D eigenvalue weighted by molar-refractivity contribution is -0.0601. The number of aliphatic hydroxyl groups excluding tert-OH is 2. The van der Waals surface area contributed by atoms with E-state index in [2.05, 4.69) is 9.05 Å². The molecule has 0 rings (SSSR count). The van der Waals surface area contributed by atoms with Crippen LogP contribution in [0.25, 0.3) is 0 Å². The number of hydrogen-bond donors (Lipinski definition) is 2. The Balaban J connectivity index is 3.59. The third kappa shape index (κ3) is 5.69. The molecule has 6 heteroatoms. The summed E-state index contributed by atoms with van der Waals surface area (Å²) in [6, 6.07) is 0. The molecule has 2 unspecified atom stereocenters. The molecule has 0 aromatic heterocycles. The van der Waals surface area contributed by atoms with E-state index in [-0.39, 0.29) is 0 Å². The standard InChI is InChI=1S/C6H15O5P/c1-3-5(7)10-12(9)11-6(8)4-2/h5-8,12H,3-4H2,1-2H3. The molecule has 0 aliphatic carbocycles. The van der Waals surface area contributed by atoms with Crippen LogP contribution in [0.3, 0.4) is 0 Å². The molecular formula is C6H15O5P. The molecule has 0 aromatic rings. The van der Waals surface area contributed by atoms with Gasteiger partial charge in [0.25, 0.3) is 0 Å². The van der Waals surface area contributed by atoms with Crippen molar-refractivity contribution in [2.24, 2.45) is 0 Å². The van der Waals surface area contributed by atoms with Gasteiger partial charge < -0.3 is 10.2 Å². The Labute approximate surface area is 72.3 Å². The minimum atomic E-state index is -2.76. The Kier molecular flexibility index (Phi) is 6.61. The summed E-state index contributed by atoms with van der Waals surface area (Å²) in [6.07, 6.45) is -1.50. The van der Waals surface area contributed by atoms with Crippen LogP contribution in [-0.2, 0) is 13.6 Å². The Bertz CT molecular complexity index is 126. The summed E-state index contributed by atoms with van der Waals surface area (Å²) < 4.78 is 19.8. The number of aliphatic hydroxyl groups is 2. The summed E-state index contributed by atoms with van der Waals surface area (Å²) in [5.74, 6) is 0. The lowest BCUT2D eigenvalue weighted by Gasteiger charge is -2.12. The van der Waals surface area contributed by atoms with E-state index >= 15 is 0 Å². The molecular weight excluding hydrogens is 183 g/mol. The molecule has 0 amide bonds. The highest BCUT2D eigenvalue weighted by Gasteiger charge is 2.10. The maximum absolute atomic E-state index is 10.8. The Morgan fingerprint density at radius 2 is 1.50 bits per heavy atom. The van der Waals surface area contributed by atoms with E-state index in [0.717, 1.165) is 0 Å². The maximum Gasteiger partial charge on any atom is 0.323 e. The second-order valence-corrected chi connectivity index (χ2v) is 3.18. The van der Waals surface area contributed by atoms with Gasteiger partial charge in [-0.1, -0.05) is 13.8 Å². The zero-order valence-electron chi connectivity index (χ0n) is 7.19. The molecule has 12 heavy (non-hydrogen) atoms. The van der Waals surface area contributed by atoms with Gasteiger partial charge >= 0.3 is 8.25 Å². The summed E-state index contributed by atoms with van der Waals surface area (Å²) in [6.45, 7) is 3.35. The molecule has 0 radical (unpaired) electrons. The first-order chi connectivity index (χ1) is 5.60. The van der Waals surface area contributed by atoms with E-state index in [4.69, 9.17) is 10.2 Å². The zero-order valence-corrected chi connectivity index (χ0v) is 8.19. The van der Waals surface area contributed by atoms with Gasteiger partial charge in [-0.3, -0.25) is 13.6 Å². The third-order valence-electron chi connectivity index (χ3n) is 1.16. The molecule has 0 saturated carbocycles. The van der Waals surface area contributed by atoms with Crippen molar-refractivity contribution in [2.75, 3.05) is 0 Å². The first-order valence-electron chi connectivity index (χ1n) is 3.83. The van der Waals surface area contributed by atoms with Gasteiger partial charge in [-0.15, -0.1) is 0 Å². The van der Waals surface area contributed by atoms with Crippen LogP contribution in [0.2, 0.25) is 0 Å². The fourth-order valence-electron chi connectivity index (χ4n) is 0.417. The smallest absolute Gasteiger partial charge is 0.323 e. The minimum absolute atomic E-state index is 0.335. The van der Waals surface area contributed by atoms with Crippen molar-refractivity contribution >= 4 is 8.25 Å². The van der Waals surface area contributed by atoms with Crippen LogP contribution in [0.5, 0.6) is 0 Å². The minimum Gasteiger partial charge on any atom is -0.368 e. The van der Waals surface area contributed by atoms with Crippen LogP contribution in [0.15, 0.2) is 0 Å². The summed E-state index contributed by atoms with van der Waals surface area (Å²) in [5.41, 5.74) is 0. The average Bonchev–Trinajstić information content (AvgIpc) is 2.03. The lowest BCUT2D eigenvalue weighted by atomic mass is 10.5. The molecule has 0 fully saturated rings. The van der Waals surface area contributed by atoms with Gasteiger partial charge in [0.15, 0.2) is 12.6 Å². The van der Waals surface area contributed by atoms with E-state index in [1.54, 1.807) is 13.8 Å². The summed E-state index contributed by atoms with van der Waals surface area (Å²) >= 11 is 0. The molecule has 2 atom stereocenters. The molecule has 0 heterocycles. The number of hydrogen-bond acceptors (Lipinski definition) is 5. The second-order valence-electron chi connectivity index (χ2n) is 2.21. The second kappa shape index (κ2) is 6.57. The molecule has 0 saturated heterocycles. The van der Waals surface area contributed by atoms with Gasteiger partial charge in [0.05, 0.1) is 0 Å². The van der Waals surface area contributed by atoms with Crippen molar-refractivity contribution in [1.29, 1.82) is 0 Å². The van der Waals surface area contributed by atoms with Crippen LogP contribution in [0.1, 0.15) is 26.7 Å². The van der Waals surface area contributed by atoms with Crippen LogP contribution in [0.4, 0.5) is 0 Å². The zero-order chi connectivity index (χ0) is 9.56. The van der Waals surface area contributed by atoms with Crippen molar-refractivity contribution in [3.63, 3.8) is 0 Å². The van der Waals surface area contributed by atoms with Gasteiger partial charge in [-0.2, -0.15) is 0 Å². The van der Waals surface area contributed by atoms with Crippen LogP contribution in [-0.4, -0.2) is 22.8 Å². The Hall–Kier alpha value is 0.0700. The predicted molar refractivity (Wildman–Crippen MR) is 43.8 cm³/mol. The van der Waals surface area contributed by atoms with Gasteiger partial charge in [0.1, 0.15) is 0 Å². The highest BCUT2D eigenvalue weighted by atomic mass is 31.1. The quantitative estimate of drug-likeness (QED) is 0.489. The average molecular weight is 198 g/mol. The summed E-state index contributed by atoms with van der Waals surface area (Å²) in [7, 11) is -2.76. The molecule has 0 bridgehead atoms. The van der Waals surface area contributed by atoms with Crippen LogP contribution < -0.4 is 0 Å². The first-order valence-corrected chi connectivity index (χ1v) is 5.06. The SMILES string of the molecule is CCC(O)O[PH](=O)OC(O)CC. The first kappa shape index (κ1) is 12.1. The van der Waals surface area contributed by atoms with Gasteiger partial charge in [-0.25, -0.2) is 0 Å². The van der Waals surface area contributed by atoms with Crippen molar-refractivity contribution in [3.05, 3.63) is 0 Å². The summed E-state index contributed by atoms with van der Waals surface area (Å²) in [5, 5.41) is 17.7. The van der Waals surface area contributed by atoms with Gasteiger partial charge in [0, 0.05) is 0 Å². The highest BCUT2D eigenvalue weighted by Crippen LogP contribution is 2.28. The Morgan fingerprint density at radius 1 is 1.17 bits per heavy atom. The highest BCUT2D eigenvalue weighted by molar-refractivity contribution is 7.33. The summed E-state index contributed by atoms with van der Waals surface area (Å²) in [4.78, 5) is 0. The van der Waals surface area contributed by atoms with E-state index in [0.29, 0.717) is 12.8 Å². The Morgan fingerprint density at radius 3 is 1.75 bits per heavy atom. The van der Waals surface area contributed by atoms with Crippen molar-refractivity contribution < 1.29 is 23.8 Å². The molecule has 2 N–H and O–H groups in total. The van der Waals surface area contributed by atoms with Crippen molar-refractivity contribution in [3.8, 4) is 0 Å². The molecule has 0 spiro atoms. The number of rotatable bonds is 6. The largest absolute Gasteiger partial charge is 0.368 e.